The number of hydrogen-bond acceptors (Lipinski definition) is 3. The van der Waals surface area contributed by atoms with Gasteiger partial charge in [0, 0.05) is 40.9 Å². The molecule has 5 nitrogen and oxygen atoms in total. The van der Waals surface area contributed by atoms with Gasteiger partial charge in [-0.15, -0.1) is 0 Å². The van der Waals surface area contributed by atoms with E-state index in [2.05, 4.69) is 166 Å². The fraction of sp³-hybridized carbons (Fsp3) is 0.270. The molecule has 6 heteroatoms. The Labute approximate surface area is 256 Å². The number of rotatable bonds is 2. The second kappa shape index (κ2) is 9.53. The molecule has 2 aliphatic heterocycles. The monoisotopic (exact) mass is 565 g/mol. The summed E-state index contributed by atoms with van der Waals surface area (Å²) in [5.74, 6) is 0.991. The van der Waals surface area contributed by atoms with Gasteiger partial charge in [0.2, 0.25) is 0 Å². The summed E-state index contributed by atoms with van der Waals surface area (Å²) in [6, 6.07) is 28.4. The van der Waals surface area contributed by atoms with E-state index in [0.717, 1.165) is 17.2 Å². The van der Waals surface area contributed by atoms with Crippen LogP contribution in [0.15, 0.2) is 97.5 Å². The number of para-hydroxylation sites is 2. The summed E-state index contributed by atoms with van der Waals surface area (Å²) in [4.78, 5) is 10.1. The molecule has 0 spiro atoms. The van der Waals surface area contributed by atoms with E-state index < -0.39 is 0 Å². The van der Waals surface area contributed by atoms with Crippen LogP contribution in [0.5, 0.6) is 0 Å². The molecule has 0 fully saturated rings. The maximum absolute atomic E-state index is 5.20. The zero-order valence-electron chi connectivity index (χ0n) is 26.6. The van der Waals surface area contributed by atoms with Crippen LogP contribution < -0.4 is 35.6 Å². The first-order chi connectivity index (χ1) is 20.5. The van der Waals surface area contributed by atoms with Crippen molar-refractivity contribution < 1.29 is 9.13 Å². The van der Waals surface area contributed by atoms with Crippen molar-refractivity contribution in [2.45, 2.75) is 52.4 Å². The number of hydrogen-bond donors (Lipinski definition) is 0. The molecule has 0 bridgehead atoms. The number of benzene rings is 2. The molecule has 5 aromatic rings. The van der Waals surface area contributed by atoms with Crippen LogP contribution in [0.4, 0.5) is 34.3 Å². The molecule has 214 valence electrons. The van der Waals surface area contributed by atoms with Gasteiger partial charge in [-0.3, -0.25) is 4.90 Å². The van der Waals surface area contributed by atoms with Crippen molar-refractivity contribution in [1.29, 1.82) is 0 Å². The average molecular weight is 566 g/mol. The largest absolute Gasteiger partial charge is 0.417 e. The van der Waals surface area contributed by atoms with Crippen LogP contribution in [-0.4, -0.2) is 11.7 Å². The Kier molecular flexibility index (Phi) is 6.07. The number of nitrogens with zero attached hydrogens (tertiary/aromatic N) is 5. The third kappa shape index (κ3) is 4.10. The molecule has 0 amide bonds. The van der Waals surface area contributed by atoms with Crippen LogP contribution >= 0.6 is 0 Å². The van der Waals surface area contributed by atoms with Gasteiger partial charge in [-0.25, -0.2) is 14.1 Å². The molecule has 5 heterocycles. The minimum Gasteiger partial charge on any atom is -0.306 e. The summed E-state index contributed by atoms with van der Waals surface area (Å²) in [6.45, 7) is 13.9. The standard InChI is InChI=1S/C37H40BN5/c1-36(2,3)27-20-23-40(7)33-31(27)42(25-15-11-9-12-16-25)29-19-22-39-35-30(29)38(33)34-32(43(35)26-17-13-10-14-18-26)28(37(4,5)6)21-24-41(34)8/h9-24H,1-8H3/q+2. The first-order valence-corrected chi connectivity index (χ1v) is 15.2. The van der Waals surface area contributed by atoms with E-state index in [1.807, 2.05) is 6.20 Å². The quantitative estimate of drug-likeness (QED) is 0.207. The Balaban J connectivity index is 1.69. The van der Waals surface area contributed by atoms with Gasteiger partial charge >= 0.3 is 6.71 Å². The average Bonchev–Trinajstić information content (AvgIpc) is 2.97. The number of fused-ring (bicyclic) bond motifs is 4. The summed E-state index contributed by atoms with van der Waals surface area (Å²) in [7, 11) is 4.40. The first kappa shape index (κ1) is 27.4. The topological polar surface area (TPSA) is 27.1 Å². The highest BCUT2D eigenvalue weighted by Crippen LogP contribution is 2.46. The summed E-state index contributed by atoms with van der Waals surface area (Å²) in [5, 5.41) is 0. The van der Waals surface area contributed by atoms with Gasteiger partial charge in [0.25, 0.3) is 0 Å². The Morgan fingerprint density at radius 2 is 1.07 bits per heavy atom. The fourth-order valence-electron chi connectivity index (χ4n) is 7.07. The van der Waals surface area contributed by atoms with Crippen molar-refractivity contribution in [2.24, 2.45) is 14.1 Å². The van der Waals surface area contributed by atoms with Crippen LogP contribution in [0, 0.1) is 0 Å². The second-order valence-electron chi connectivity index (χ2n) is 14.0. The molecule has 43 heavy (non-hydrogen) atoms. The van der Waals surface area contributed by atoms with E-state index in [1.165, 1.54) is 44.8 Å². The highest BCUT2D eigenvalue weighted by molar-refractivity contribution is 6.98. The minimum atomic E-state index is -0.0799. The fourth-order valence-corrected chi connectivity index (χ4v) is 7.07. The van der Waals surface area contributed by atoms with E-state index in [9.17, 15) is 0 Å². The molecule has 7 rings (SSSR count). The summed E-state index contributed by atoms with van der Waals surface area (Å²) in [5.41, 5.74) is 12.2. The van der Waals surface area contributed by atoms with Crippen molar-refractivity contribution >= 4 is 57.6 Å². The van der Waals surface area contributed by atoms with Crippen LogP contribution in [0.1, 0.15) is 52.7 Å². The van der Waals surface area contributed by atoms with Gasteiger partial charge in [-0.05, 0) is 52.3 Å². The summed E-state index contributed by atoms with van der Waals surface area (Å²) < 4.78 is 4.69. The molecule has 3 aromatic heterocycles. The van der Waals surface area contributed by atoms with E-state index >= 15 is 0 Å². The Hall–Kier alpha value is -4.45. The third-order valence-corrected chi connectivity index (χ3v) is 9.01. The summed E-state index contributed by atoms with van der Waals surface area (Å²) >= 11 is 0. The lowest BCUT2D eigenvalue weighted by molar-refractivity contribution is -0.658. The van der Waals surface area contributed by atoms with Crippen LogP contribution in [-0.2, 0) is 24.9 Å². The van der Waals surface area contributed by atoms with Crippen LogP contribution in [0.25, 0.3) is 0 Å². The molecule has 0 unspecified atom stereocenters. The molecule has 0 saturated heterocycles. The maximum Gasteiger partial charge on any atom is 0.417 e. The molecule has 0 aliphatic carbocycles. The van der Waals surface area contributed by atoms with Crippen molar-refractivity contribution in [3.8, 4) is 0 Å². The molecular formula is C37H40BN5+2. The molecule has 2 aliphatic rings. The van der Waals surface area contributed by atoms with Crippen molar-refractivity contribution in [3.05, 3.63) is 109 Å². The molecule has 0 radical (unpaired) electrons. The molecule has 0 saturated carbocycles. The van der Waals surface area contributed by atoms with Crippen LogP contribution in [0.2, 0.25) is 0 Å². The highest BCUT2D eigenvalue weighted by Gasteiger charge is 2.55. The zero-order valence-corrected chi connectivity index (χ0v) is 26.6. The molecule has 2 aromatic carbocycles. The van der Waals surface area contributed by atoms with E-state index in [-0.39, 0.29) is 17.5 Å². The highest BCUT2D eigenvalue weighted by atomic mass is 15.2. The Morgan fingerprint density at radius 3 is 1.56 bits per heavy atom. The lowest BCUT2D eigenvalue weighted by Gasteiger charge is -2.42. The Bertz CT molecular complexity index is 1740. The normalized spacial score (nSPS) is 13.9. The van der Waals surface area contributed by atoms with E-state index in [0.29, 0.717) is 0 Å². The lowest BCUT2D eigenvalue weighted by Crippen LogP contribution is -2.75. The van der Waals surface area contributed by atoms with Gasteiger partial charge in [0.1, 0.15) is 31.3 Å². The van der Waals surface area contributed by atoms with Gasteiger partial charge in [-0.1, -0.05) is 77.9 Å². The van der Waals surface area contributed by atoms with Crippen LogP contribution in [0.3, 0.4) is 0 Å². The van der Waals surface area contributed by atoms with Crippen molar-refractivity contribution in [1.82, 2.24) is 4.98 Å². The number of anilines is 6. The second-order valence-corrected chi connectivity index (χ2v) is 14.0. The predicted molar refractivity (Wildman–Crippen MR) is 178 cm³/mol. The SMILES string of the molecule is C[n+]1ccc(C(C)(C)C)c2c1B1c3c(ccnc3N(c3ccccc3)c3c(C(C)(C)C)cc[n+](C)c31)N2c1ccccc1. The summed E-state index contributed by atoms with van der Waals surface area (Å²) in [6.07, 6.45) is 6.49. The molecular weight excluding hydrogens is 525 g/mol. The lowest BCUT2D eigenvalue weighted by atomic mass is 9.36. The minimum absolute atomic E-state index is 0.0109. The number of aryl methyl sites for hydroxylation is 2. The smallest absolute Gasteiger partial charge is 0.306 e. The molecule has 0 N–H and O–H groups in total. The maximum atomic E-state index is 5.20. The van der Waals surface area contributed by atoms with Gasteiger partial charge in [0.05, 0.1) is 0 Å². The number of aromatic nitrogens is 3. The third-order valence-electron chi connectivity index (χ3n) is 9.01. The van der Waals surface area contributed by atoms with Gasteiger partial charge in [0.15, 0.2) is 23.6 Å². The van der Waals surface area contributed by atoms with Crippen molar-refractivity contribution in [3.63, 3.8) is 0 Å². The number of pyridine rings is 3. The first-order valence-electron chi connectivity index (χ1n) is 15.2. The van der Waals surface area contributed by atoms with E-state index in [4.69, 9.17) is 4.98 Å². The van der Waals surface area contributed by atoms with Crippen molar-refractivity contribution in [2.75, 3.05) is 9.80 Å². The molecule has 0 atom stereocenters. The van der Waals surface area contributed by atoms with Gasteiger partial charge < -0.3 is 4.90 Å². The van der Waals surface area contributed by atoms with E-state index in [1.54, 1.807) is 0 Å². The predicted octanol–water partition coefficient (Wildman–Crippen LogP) is 5.41. The zero-order chi connectivity index (χ0) is 30.3. The Morgan fingerprint density at radius 1 is 0.605 bits per heavy atom. The van der Waals surface area contributed by atoms with Gasteiger partial charge in [-0.2, -0.15) is 0 Å².